The van der Waals surface area contributed by atoms with Gasteiger partial charge in [0, 0.05) is 18.5 Å². The monoisotopic (exact) mass is 223 g/mol. The van der Waals surface area contributed by atoms with Crippen molar-refractivity contribution in [1.82, 2.24) is 5.32 Å². The highest BCUT2D eigenvalue weighted by molar-refractivity contribution is 5.76. The zero-order chi connectivity index (χ0) is 12.0. The Morgan fingerprint density at radius 2 is 2.25 bits per heavy atom. The second-order valence-corrected chi connectivity index (χ2v) is 3.57. The van der Waals surface area contributed by atoms with Crippen molar-refractivity contribution >= 4 is 5.91 Å². The van der Waals surface area contributed by atoms with Crippen LogP contribution in [0, 0.1) is 6.92 Å². The van der Waals surface area contributed by atoms with Gasteiger partial charge in [-0.05, 0) is 13.0 Å². The topological polar surface area (TPSA) is 58.6 Å². The standard InChI is InChI=1S/C12H17NO3/c1-9-3-4-11(16-2)10(7-9)8-13-12(15)5-6-14/h3-4,7,14H,5-6,8H2,1-2H3,(H,13,15). The van der Waals surface area contributed by atoms with Crippen LogP contribution in [0.2, 0.25) is 0 Å². The molecule has 0 aromatic heterocycles. The van der Waals surface area contributed by atoms with E-state index in [0.29, 0.717) is 6.54 Å². The zero-order valence-corrected chi connectivity index (χ0v) is 9.62. The first-order valence-corrected chi connectivity index (χ1v) is 5.18. The molecule has 0 saturated carbocycles. The smallest absolute Gasteiger partial charge is 0.222 e. The van der Waals surface area contributed by atoms with Crippen LogP contribution in [-0.2, 0) is 11.3 Å². The summed E-state index contributed by atoms with van der Waals surface area (Å²) in [5.41, 5.74) is 2.06. The minimum absolute atomic E-state index is 0.128. The zero-order valence-electron chi connectivity index (χ0n) is 9.62. The summed E-state index contributed by atoms with van der Waals surface area (Å²) in [6.07, 6.45) is 0.133. The molecule has 0 radical (unpaired) electrons. The molecule has 16 heavy (non-hydrogen) atoms. The van der Waals surface area contributed by atoms with Gasteiger partial charge in [-0.25, -0.2) is 0 Å². The number of methoxy groups -OCH3 is 1. The molecule has 0 heterocycles. The van der Waals surface area contributed by atoms with Crippen LogP contribution in [-0.4, -0.2) is 24.7 Å². The maximum atomic E-state index is 11.2. The molecular weight excluding hydrogens is 206 g/mol. The molecule has 1 amide bonds. The van der Waals surface area contributed by atoms with Crippen molar-refractivity contribution in [2.45, 2.75) is 19.9 Å². The van der Waals surface area contributed by atoms with E-state index < -0.39 is 0 Å². The molecule has 0 aliphatic carbocycles. The number of aryl methyl sites for hydroxylation is 1. The fraction of sp³-hybridized carbons (Fsp3) is 0.417. The van der Waals surface area contributed by atoms with Crippen molar-refractivity contribution in [3.05, 3.63) is 29.3 Å². The first-order chi connectivity index (χ1) is 7.67. The van der Waals surface area contributed by atoms with Gasteiger partial charge >= 0.3 is 0 Å². The van der Waals surface area contributed by atoms with E-state index >= 15 is 0 Å². The lowest BCUT2D eigenvalue weighted by Crippen LogP contribution is -2.23. The Balaban J connectivity index is 2.65. The maximum absolute atomic E-state index is 11.2. The molecule has 0 spiro atoms. The first-order valence-electron chi connectivity index (χ1n) is 5.18. The number of carbonyl (C=O) groups is 1. The Morgan fingerprint density at radius 3 is 2.88 bits per heavy atom. The van der Waals surface area contributed by atoms with E-state index in [1.54, 1.807) is 7.11 Å². The molecule has 0 fully saturated rings. The van der Waals surface area contributed by atoms with Gasteiger partial charge in [0.15, 0.2) is 0 Å². The van der Waals surface area contributed by atoms with Gasteiger partial charge in [-0.1, -0.05) is 17.7 Å². The predicted molar refractivity (Wildman–Crippen MR) is 61.3 cm³/mol. The van der Waals surface area contributed by atoms with Crippen molar-refractivity contribution in [3.63, 3.8) is 0 Å². The van der Waals surface area contributed by atoms with Crippen LogP contribution < -0.4 is 10.1 Å². The van der Waals surface area contributed by atoms with Gasteiger partial charge in [-0.3, -0.25) is 4.79 Å². The minimum Gasteiger partial charge on any atom is -0.496 e. The number of hydrogen-bond donors (Lipinski definition) is 2. The highest BCUT2D eigenvalue weighted by Crippen LogP contribution is 2.19. The minimum atomic E-state index is -0.161. The normalized spacial score (nSPS) is 9.94. The van der Waals surface area contributed by atoms with Crippen molar-refractivity contribution in [1.29, 1.82) is 0 Å². The molecule has 1 aromatic carbocycles. The number of ether oxygens (including phenoxy) is 1. The van der Waals surface area contributed by atoms with E-state index in [-0.39, 0.29) is 18.9 Å². The lowest BCUT2D eigenvalue weighted by molar-refractivity contribution is -0.121. The van der Waals surface area contributed by atoms with Crippen LogP contribution in [0.25, 0.3) is 0 Å². The Morgan fingerprint density at radius 1 is 1.50 bits per heavy atom. The quantitative estimate of drug-likeness (QED) is 0.783. The van der Waals surface area contributed by atoms with Gasteiger partial charge in [0.1, 0.15) is 5.75 Å². The van der Waals surface area contributed by atoms with Crippen LogP contribution in [0.3, 0.4) is 0 Å². The third-order valence-corrected chi connectivity index (χ3v) is 2.25. The Labute approximate surface area is 95.2 Å². The number of amides is 1. The summed E-state index contributed by atoms with van der Waals surface area (Å²) in [6.45, 7) is 2.28. The Bertz CT molecular complexity index is 363. The molecule has 1 aromatic rings. The lowest BCUT2D eigenvalue weighted by Gasteiger charge is -2.10. The fourth-order valence-electron chi connectivity index (χ4n) is 1.43. The number of carbonyl (C=O) groups excluding carboxylic acids is 1. The number of nitrogens with one attached hydrogen (secondary N) is 1. The average Bonchev–Trinajstić information content (AvgIpc) is 2.27. The van der Waals surface area contributed by atoms with Gasteiger partial charge in [-0.15, -0.1) is 0 Å². The Kier molecular flexibility index (Phi) is 4.79. The van der Waals surface area contributed by atoms with Crippen molar-refractivity contribution in [3.8, 4) is 5.75 Å². The molecule has 88 valence electrons. The molecule has 0 bridgehead atoms. The molecular formula is C12H17NO3. The first kappa shape index (κ1) is 12.5. The van der Waals surface area contributed by atoms with Crippen molar-refractivity contribution < 1.29 is 14.6 Å². The maximum Gasteiger partial charge on any atom is 0.222 e. The molecule has 4 heteroatoms. The average molecular weight is 223 g/mol. The third-order valence-electron chi connectivity index (χ3n) is 2.25. The van der Waals surface area contributed by atoms with Gasteiger partial charge in [-0.2, -0.15) is 0 Å². The van der Waals surface area contributed by atoms with Gasteiger partial charge in [0.05, 0.1) is 13.7 Å². The summed E-state index contributed by atoms with van der Waals surface area (Å²) in [5.74, 6) is 0.598. The lowest BCUT2D eigenvalue weighted by atomic mass is 10.1. The second kappa shape index (κ2) is 6.12. The number of hydrogen-bond acceptors (Lipinski definition) is 3. The molecule has 0 aliphatic heterocycles. The van der Waals surface area contributed by atoms with E-state index in [2.05, 4.69) is 5.32 Å². The van der Waals surface area contributed by atoms with Crippen LogP contribution in [0.15, 0.2) is 18.2 Å². The van der Waals surface area contributed by atoms with Gasteiger partial charge in [0.25, 0.3) is 0 Å². The van der Waals surface area contributed by atoms with Crippen LogP contribution in [0.4, 0.5) is 0 Å². The van der Waals surface area contributed by atoms with Crippen molar-refractivity contribution in [2.24, 2.45) is 0 Å². The number of benzene rings is 1. The van der Waals surface area contributed by atoms with E-state index in [1.807, 2.05) is 25.1 Å². The predicted octanol–water partition coefficient (Wildman–Crippen LogP) is 1.00. The number of rotatable bonds is 5. The summed E-state index contributed by atoms with van der Waals surface area (Å²) < 4.78 is 5.19. The van der Waals surface area contributed by atoms with E-state index in [1.165, 1.54) is 0 Å². The third kappa shape index (κ3) is 3.55. The molecule has 0 atom stereocenters. The summed E-state index contributed by atoms with van der Waals surface area (Å²) in [5, 5.41) is 11.3. The Hall–Kier alpha value is -1.55. The highest BCUT2D eigenvalue weighted by Gasteiger charge is 2.05. The molecule has 0 aliphatic rings. The van der Waals surface area contributed by atoms with Gasteiger partial charge in [0.2, 0.25) is 5.91 Å². The van der Waals surface area contributed by atoms with Gasteiger partial charge < -0.3 is 15.2 Å². The van der Waals surface area contributed by atoms with Crippen LogP contribution in [0.5, 0.6) is 5.75 Å². The van der Waals surface area contributed by atoms with E-state index in [9.17, 15) is 4.79 Å². The number of aliphatic hydroxyl groups excluding tert-OH is 1. The summed E-state index contributed by atoms with van der Waals surface area (Å²) >= 11 is 0. The molecule has 0 unspecified atom stereocenters. The van der Waals surface area contributed by atoms with Crippen molar-refractivity contribution in [2.75, 3.05) is 13.7 Å². The number of aliphatic hydroxyl groups is 1. The second-order valence-electron chi connectivity index (χ2n) is 3.57. The molecule has 1 rings (SSSR count). The summed E-state index contributed by atoms with van der Waals surface area (Å²) in [6, 6.07) is 5.80. The fourth-order valence-corrected chi connectivity index (χ4v) is 1.43. The van der Waals surface area contributed by atoms with Crippen LogP contribution in [0.1, 0.15) is 17.5 Å². The highest BCUT2D eigenvalue weighted by atomic mass is 16.5. The molecule has 2 N–H and O–H groups in total. The van der Waals surface area contributed by atoms with E-state index in [4.69, 9.17) is 9.84 Å². The SMILES string of the molecule is COc1ccc(C)cc1CNC(=O)CCO. The molecule has 4 nitrogen and oxygen atoms in total. The van der Waals surface area contributed by atoms with E-state index in [0.717, 1.165) is 16.9 Å². The summed E-state index contributed by atoms with van der Waals surface area (Å²) in [7, 11) is 1.60. The molecule has 0 saturated heterocycles. The van der Waals surface area contributed by atoms with Crippen LogP contribution >= 0.6 is 0 Å². The largest absolute Gasteiger partial charge is 0.496 e. The summed E-state index contributed by atoms with van der Waals surface area (Å²) in [4.78, 5) is 11.2.